The summed E-state index contributed by atoms with van der Waals surface area (Å²) in [5, 5.41) is 2.94. The molecule has 25 heavy (non-hydrogen) atoms. The Bertz CT molecular complexity index is 528. The number of ether oxygens (including phenoxy) is 2. The summed E-state index contributed by atoms with van der Waals surface area (Å²) in [6, 6.07) is 9.93. The number of hydrogen-bond acceptors (Lipinski definition) is 5. The molecular formula is C19H29NO4S. The molecule has 1 atom stereocenters. The molecule has 5 nitrogen and oxygen atoms in total. The highest BCUT2D eigenvalue weighted by atomic mass is 32.2. The molecule has 0 bridgehead atoms. The number of nitrogens with one attached hydrogen (secondary N) is 1. The number of hydrogen-bond donors (Lipinski definition) is 1. The predicted molar refractivity (Wildman–Crippen MR) is 102 cm³/mol. The molecule has 0 saturated carbocycles. The van der Waals surface area contributed by atoms with Gasteiger partial charge in [-0.1, -0.05) is 30.3 Å². The van der Waals surface area contributed by atoms with Crippen molar-refractivity contribution in [1.29, 1.82) is 0 Å². The van der Waals surface area contributed by atoms with Gasteiger partial charge in [-0.2, -0.15) is 11.8 Å². The predicted octanol–water partition coefficient (Wildman–Crippen LogP) is 3.81. The smallest absolute Gasteiger partial charge is 0.407 e. The van der Waals surface area contributed by atoms with Crippen molar-refractivity contribution in [1.82, 2.24) is 5.32 Å². The van der Waals surface area contributed by atoms with Gasteiger partial charge in [0.2, 0.25) is 0 Å². The molecule has 1 aromatic carbocycles. The minimum Gasteiger partial charge on any atom is -0.466 e. The summed E-state index contributed by atoms with van der Waals surface area (Å²) in [6.45, 7) is 7.72. The first-order valence-corrected chi connectivity index (χ1v) is 9.72. The Labute approximate surface area is 154 Å². The zero-order chi connectivity index (χ0) is 18.7. The van der Waals surface area contributed by atoms with Crippen LogP contribution in [0.3, 0.4) is 0 Å². The molecule has 0 aliphatic heterocycles. The summed E-state index contributed by atoms with van der Waals surface area (Å²) in [6.07, 6.45) is 0.676. The molecular weight excluding hydrogens is 338 g/mol. The van der Waals surface area contributed by atoms with Crippen LogP contribution in [0.15, 0.2) is 30.3 Å². The van der Waals surface area contributed by atoms with Crippen molar-refractivity contribution in [3.05, 3.63) is 35.9 Å². The lowest BCUT2D eigenvalue weighted by Crippen LogP contribution is -2.41. The van der Waals surface area contributed by atoms with Crippen LogP contribution < -0.4 is 5.32 Å². The van der Waals surface area contributed by atoms with E-state index >= 15 is 0 Å². The van der Waals surface area contributed by atoms with Gasteiger partial charge >= 0.3 is 12.1 Å². The molecule has 0 aliphatic carbocycles. The molecule has 0 radical (unpaired) electrons. The van der Waals surface area contributed by atoms with E-state index < -0.39 is 11.7 Å². The summed E-state index contributed by atoms with van der Waals surface area (Å²) < 4.78 is 10.3. The first kappa shape index (κ1) is 21.4. The molecule has 1 amide bonds. The molecule has 0 saturated heterocycles. The highest BCUT2D eigenvalue weighted by Gasteiger charge is 2.20. The molecule has 0 unspecified atom stereocenters. The Balaban J connectivity index is 2.52. The molecule has 140 valence electrons. The van der Waals surface area contributed by atoms with Gasteiger partial charge < -0.3 is 14.8 Å². The van der Waals surface area contributed by atoms with Crippen molar-refractivity contribution in [3.8, 4) is 0 Å². The minimum absolute atomic E-state index is 0.0653. The molecule has 0 fully saturated rings. The van der Waals surface area contributed by atoms with Crippen LogP contribution in [0.25, 0.3) is 0 Å². The SMILES string of the molecule is CCOC(=O)CCSC[C@@H](Cc1ccccc1)NC(=O)OC(C)(C)C. The second-order valence-corrected chi connectivity index (χ2v) is 7.81. The van der Waals surface area contributed by atoms with Crippen LogP contribution in [-0.2, 0) is 20.7 Å². The van der Waals surface area contributed by atoms with E-state index in [2.05, 4.69) is 5.32 Å². The monoisotopic (exact) mass is 367 g/mol. The molecule has 1 rings (SSSR count). The third-order valence-corrected chi connectivity index (χ3v) is 4.25. The number of thioether (sulfide) groups is 1. The van der Waals surface area contributed by atoms with E-state index in [0.29, 0.717) is 31.0 Å². The van der Waals surface area contributed by atoms with E-state index in [0.717, 1.165) is 5.56 Å². The van der Waals surface area contributed by atoms with E-state index in [1.54, 1.807) is 18.7 Å². The number of amides is 1. The fourth-order valence-electron chi connectivity index (χ4n) is 2.14. The van der Waals surface area contributed by atoms with E-state index in [1.165, 1.54) is 0 Å². The van der Waals surface area contributed by atoms with E-state index in [1.807, 2.05) is 51.1 Å². The third kappa shape index (κ3) is 10.7. The number of benzene rings is 1. The second kappa shape index (κ2) is 11.0. The summed E-state index contributed by atoms with van der Waals surface area (Å²) in [7, 11) is 0. The quantitative estimate of drug-likeness (QED) is 0.531. The molecule has 6 heteroatoms. The van der Waals surface area contributed by atoms with Crippen LogP contribution >= 0.6 is 11.8 Å². The largest absolute Gasteiger partial charge is 0.466 e. The maximum atomic E-state index is 12.1. The average Bonchev–Trinajstić information content (AvgIpc) is 2.51. The lowest BCUT2D eigenvalue weighted by atomic mass is 10.1. The Kier molecular flexibility index (Phi) is 9.42. The van der Waals surface area contributed by atoms with Gasteiger partial charge in [0.1, 0.15) is 5.60 Å². The highest BCUT2D eigenvalue weighted by Crippen LogP contribution is 2.12. The summed E-state index contributed by atoms with van der Waals surface area (Å²) in [4.78, 5) is 23.5. The first-order valence-electron chi connectivity index (χ1n) is 8.57. The van der Waals surface area contributed by atoms with Crippen molar-refractivity contribution in [2.45, 2.75) is 52.2 Å². The number of carbonyl (C=O) groups is 2. The maximum Gasteiger partial charge on any atom is 0.407 e. The summed E-state index contributed by atoms with van der Waals surface area (Å²) >= 11 is 1.62. The maximum absolute atomic E-state index is 12.1. The second-order valence-electron chi connectivity index (χ2n) is 6.66. The van der Waals surface area contributed by atoms with Gasteiger partial charge in [0.05, 0.1) is 13.0 Å². The minimum atomic E-state index is -0.529. The topological polar surface area (TPSA) is 64.6 Å². The van der Waals surface area contributed by atoms with Crippen LogP contribution in [0.4, 0.5) is 4.79 Å². The van der Waals surface area contributed by atoms with Gasteiger partial charge in [-0.15, -0.1) is 0 Å². The average molecular weight is 368 g/mol. The summed E-state index contributed by atoms with van der Waals surface area (Å²) in [5.74, 6) is 1.18. The van der Waals surface area contributed by atoms with Gasteiger partial charge in [-0.25, -0.2) is 4.79 Å². The van der Waals surface area contributed by atoms with Crippen LogP contribution in [-0.4, -0.2) is 41.8 Å². The molecule has 0 aliphatic rings. The number of esters is 1. The Hall–Kier alpha value is -1.69. The van der Waals surface area contributed by atoms with E-state index in [9.17, 15) is 9.59 Å². The standard InChI is InChI=1S/C19H29NO4S/c1-5-23-17(21)11-12-25-14-16(13-15-9-7-6-8-10-15)20-18(22)24-19(2,3)4/h6-10,16H,5,11-14H2,1-4H3,(H,20,22)/t16-/m1/s1. The van der Waals surface area contributed by atoms with Crippen molar-refractivity contribution < 1.29 is 19.1 Å². The van der Waals surface area contributed by atoms with Crippen LogP contribution in [0, 0.1) is 0 Å². The zero-order valence-corrected chi connectivity index (χ0v) is 16.4. The number of carbonyl (C=O) groups excluding carboxylic acids is 2. The van der Waals surface area contributed by atoms with Gasteiger partial charge in [-0.05, 0) is 39.7 Å². The fourth-order valence-corrected chi connectivity index (χ4v) is 3.10. The van der Waals surface area contributed by atoms with Gasteiger partial charge in [0.15, 0.2) is 0 Å². The molecule has 0 heterocycles. The van der Waals surface area contributed by atoms with Crippen molar-refractivity contribution in [3.63, 3.8) is 0 Å². The normalized spacial score (nSPS) is 12.3. The van der Waals surface area contributed by atoms with Gasteiger partial charge in [0, 0.05) is 17.5 Å². The van der Waals surface area contributed by atoms with Crippen LogP contribution in [0.2, 0.25) is 0 Å². The number of alkyl carbamates (subject to hydrolysis) is 1. The fraction of sp³-hybridized carbons (Fsp3) is 0.579. The van der Waals surface area contributed by atoms with Gasteiger partial charge in [0.25, 0.3) is 0 Å². The van der Waals surface area contributed by atoms with Gasteiger partial charge in [-0.3, -0.25) is 4.79 Å². The van der Waals surface area contributed by atoms with E-state index in [-0.39, 0.29) is 12.0 Å². The lowest BCUT2D eigenvalue weighted by Gasteiger charge is -2.23. The Morgan fingerprint density at radius 1 is 1.20 bits per heavy atom. The van der Waals surface area contributed by atoms with Crippen LogP contribution in [0.1, 0.15) is 39.7 Å². The van der Waals surface area contributed by atoms with E-state index in [4.69, 9.17) is 9.47 Å². The third-order valence-electron chi connectivity index (χ3n) is 3.12. The van der Waals surface area contributed by atoms with Crippen molar-refractivity contribution >= 4 is 23.8 Å². The molecule has 0 spiro atoms. The zero-order valence-electron chi connectivity index (χ0n) is 15.5. The molecule has 1 N–H and O–H groups in total. The molecule has 0 aromatic heterocycles. The van der Waals surface area contributed by atoms with Crippen molar-refractivity contribution in [2.75, 3.05) is 18.1 Å². The highest BCUT2D eigenvalue weighted by molar-refractivity contribution is 7.99. The number of rotatable bonds is 9. The Morgan fingerprint density at radius 2 is 1.88 bits per heavy atom. The van der Waals surface area contributed by atoms with Crippen molar-refractivity contribution in [2.24, 2.45) is 0 Å². The Morgan fingerprint density at radius 3 is 2.48 bits per heavy atom. The van der Waals surface area contributed by atoms with Crippen LogP contribution in [0.5, 0.6) is 0 Å². The lowest BCUT2D eigenvalue weighted by molar-refractivity contribution is -0.142. The first-order chi connectivity index (χ1) is 11.8. The summed E-state index contributed by atoms with van der Waals surface area (Å²) in [5.41, 5.74) is 0.618. The molecule has 1 aromatic rings.